The van der Waals surface area contributed by atoms with Crippen molar-refractivity contribution < 1.29 is 9.90 Å². The maximum atomic E-state index is 13.0. The third-order valence-corrected chi connectivity index (χ3v) is 4.73. The molecule has 0 saturated carbocycles. The summed E-state index contributed by atoms with van der Waals surface area (Å²) in [5, 5.41) is 10.6. The van der Waals surface area contributed by atoms with Gasteiger partial charge in [-0.1, -0.05) is 13.0 Å². The Balaban J connectivity index is 1.93. The zero-order valence-electron chi connectivity index (χ0n) is 15.1. The number of rotatable bonds is 4. The van der Waals surface area contributed by atoms with Gasteiger partial charge in [0.05, 0.1) is 17.8 Å². The molecule has 0 unspecified atom stereocenters. The molecule has 0 aliphatic rings. The molecule has 2 heterocycles. The van der Waals surface area contributed by atoms with Crippen molar-refractivity contribution in [2.45, 2.75) is 26.8 Å². The lowest BCUT2D eigenvalue weighted by Gasteiger charge is -2.17. The van der Waals surface area contributed by atoms with E-state index in [1.807, 2.05) is 42.9 Å². The second-order valence-corrected chi connectivity index (χ2v) is 6.39. The number of aryl methyl sites for hydroxylation is 2. The predicted octanol–water partition coefficient (Wildman–Crippen LogP) is 3.42. The highest BCUT2D eigenvalue weighted by atomic mass is 16.3. The lowest BCUT2D eigenvalue weighted by Crippen LogP contribution is -2.27. The fraction of sp³-hybridized carbons (Fsp3) is 0.300. The number of nitrogens with zero attached hydrogens (tertiary/aromatic N) is 3. The number of benzene rings is 1. The van der Waals surface area contributed by atoms with Gasteiger partial charge in [-0.15, -0.1) is 0 Å². The van der Waals surface area contributed by atoms with E-state index in [1.165, 1.54) is 5.56 Å². The highest BCUT2D eigenvalue weighted by molar-refractivity contribution is 6.08. The Labute approximate surface area is 147 Å². The fourth-order valence-electron chi connectivity index (χ4n) is 3.09. The van der Waals surface area contributed by atoms with Crippen molar-refractivity contribution >= 4 is 16.8 Å². The lowest BCUT2D eigenvalue weighted by molar-refractivity contribution is 0.0784. The molecule has 0 bridgehead atoms. The van der Waals surface area contributed by atoms with E-state index in [4.69, 9.17) is 0 Å². The van der Waals surface area contributed by atoms with Gasteiger partial charge in [-0.05, 0) is 43.2 Å². The number of hydrogen-bond donors (Lipinski definition) is 1. The minimum atomic E-state index is -0.0740. The standard InChI is InChI=1S/C20H23N3O2/c1-5-14-6-7-15(21-11-14)12-22(3)20(25)19-13(2)23(4)18-9-8-16(24)10-17(18)19/h6-11,24H,5,12H2,1-4H3. The molecular formula is C20H23N3O2. The SMILES string of the molecule is CCc1ccc(CN(C)C(=O)c2c(C)n(C)c3ccc(O)cc23)nc1. The van der Waals surface area contributed by atoms with Gasteiger partial charge in [0, 0.05) is 36.9 Å². The van der Waals surface area contributed by atoms with Gasteiger partial charge >= 0.3 is 0 Å². The van der Waals surface area contributed by atoms with Crippen LogP contribution in [0.15, 0.2) is 36.5 Å². The quantitative estimate of drug-likeness (QED) is 0.793. The number of aromatic nitrogens is 2. The first-order chi connectivity index (χ1) is 11.9. The van der Waals surface area contributed by atoms with Gasteiger partial charge in [0.25, 0.3) is 5.91 Å². The number of amides is 1. The Kier molecular flexibility index (Phi) is 4.49. The molecule has 5 nitrogen and oxygen atoms in total. The summed E-state index contributed by atoms with van der Waals surface area (Å²) >= 11 is 0. The van der Waals surface area contributed by atoms with Gasteiger partial charge in [0.1, 0.15) is 5.75 Å². The van der Waals surface area contributed by atoms with Crippen molar-refractivity contribution in [3.63, 3.8) is 0 Å². The normalized spacial score (nSPS) is 11.0. The van der Waals surface area contributed by atoms with Crippen LogP contribution in [0.3, 0.4) is 0 Å². The van der Waals surface area contributed by atoms with E-state index in [2.05, 4.69) is 11.9 Å². The molecule has 0 radical (unpaired) electrons. The highest BCUT2D eigenvalue weighted by Gasteiger charge is 2.22. The second-order valence-electron chi connectivity index (χ2n) is 6.39. The van der Waals surface area contributed by atoms with Gasteiger partial charge in [0.15, 0.2) is 0 Å². The van der Waals surface area contributed by atoms with Gasteiger partial charge in [-0.25, -0.2) is 0 Å². The van der Waals surface area contributed by atoms with Crippen LogP contribution in [-0.4, -0.2) is 32.5 Å². The van der Waals surface area contributed by atoms with Crippen LogP contribution in [0.2, 0.25) is 0 Å². The van der Waals surface area contributed by atoms with Crippen LogP contribution in [0.25, 0.3) is 10.9 Å². The maximum Gasteiger partial charge on any atom is 0.256 e. The first kappa shape index (κ1) is 17.0. The topological polar surface area (TPSA) is 58.4 Å². The highest BCUT2D eigenvalue weighted by Crippen LogP contribution is 2.29. The van der Waals surface area contributed by atoms with E-state index in [-0.39, 0.29) is 11.7 Å². The van der Waals surface area contributed by atoms with Gasteiger partial charge in [-0.2, -0.15) is 0 Å². The minimum absolute atomic E-state index is 0.0740. The molecule has 3 aromatic rings. The van der Waals surface area contributed by atoms with E-state index in [1.54, 1.807) is 24.1 Å². The zero-order chi connectivity index (χ0) is 18.1. The molecule has 3 rings (SSSR count). The van der Waals surface area contributed by atoms with Crippen molar-refractivity contribution in [2.24, 2.45) is 7.05 Å². The molecule has 1 amide bonds. The largest absolute Gasteiger partial charge is 0.508 e. The van der Waals surface area contributed by atoms with Crippen LogP contribution >= 0.6 is 0 Å². The van der Waals surface area contributed by atoms with E-state index in [0.717, 1.165) is 28.7 Å². The van der Waals surface area contributed by atoms with Crippen LogP contribution < -0.4 is 0 Å². The first-order valence-electron chi connectivity index (χ1n) is 8.39. The molecule has 0 fully saturated rings. The number of carbonyl (C=O) groups excluding carboxylic acids is 1. The summed E-state index contributed by atoms with van der Waals surface area (Å²) in [6.45, 7) is 4.45. The van der Waals surface area contributed by atoms with Crippen molar-refractivity contribution in [3.05, 3.63) is 59.0 Å². The number of phenols is 1. The van der Waals surface area contributed by atoms with Crippen LogP contribution in [0.1, 0.15) is 34.2 Å². The lowest BCUT2D eigenvalue weighted by atomic mass is 10.1. The summed E-state index contributed by atoms with van der Waals surface area (Å²) in [4.78, 5) is 19.1. The molecule has 130 valence electrons. The third-order valence-electron chi connectivity index (χ3n) is 4.73. The zero-order valence-corrected chi connectivity index (χ0v) is 15.1. The second kappa shape index (κ2) is 6.59. The van der Waals surface area contributed by atoms with Crippen LogP contribution in [0.5, 0.6) is 5.75 Å². The number of fused-ring (bicyclic) bond motifs is 1. The number of hydrogen-bond acceptors (Lipinski definition) is 3. The number of pyridine rings is 1. The minimum Gasteiger partial charge on any atom is -0.508 e. The summed E-state index contributed by atoms with van der Waals surface area (Å²) in [6.07, 6.45) is 2.80. The first-order valence-corrected chi connectivity index (χ1v) is 8.39. The molecule has 0 spiro atoms. The number of carbonyl (C=O) groups is 1. The average Bonchev–Trinajstić information content (AvgIpc) is 2.85. The molecule has 0 aliphatic carbocycles. The van der Waals surface area contributed by atoms with E-state index in [0.29, 0.717) is 12.1 Å². The summed E-state index contributed by atoms with van der Waals surface area (Å²) in [5.41, 5.74) is 4.47. The van der Waals surface area contributed by atoms with Crippen molar-refractivity contribution in [1.82, 2.24) is 14.5 Å². The van der Waals surface area contributed by atoms with Gasteiger partial charge in [0.2, 0.25) is 0 Å². The Morgan fingerprint density at radius 1 is 1.28 bits per heavy atom. The van der Waals surface area contributed by atoms with Crippen molar-refractivity contribution in [3.8, 4) is 5.75 Å². The number of phenolic OH excluding ortho intramolecular Hbond substituents is 1. The van der Waals surface area contributed by atoms with Gasteiger partial charge in [-0.3, -0.25) is 9.78 Å². The summed E-state index contributed by atoms with van der Waals surface area (Å²) in [7, 11) is 3.70. The molecule has 0 atom stereocenters. The van der Waals surface area contributed by atoms with E-state index in [9.17, 15) is 9.90 Å². The molecular weight excluding hydrogens is 314 g/mol. The molecule has 1 N–H and O–H groups in total. The fourth-order valence-corrected chi connectivity index (χ4v) is 3.09. The Bertz CT molecular complexity index is 926. The van der Waals surface area contributed by atoms with E-state index < -0.39 is 0 Å². The van der Waals surface area contributed by atoms with Crippen LogP contribution in [0, 0.1) is 6.92 Å². The van der Waals surface area contributed by atoms with Crippen molar-refractivity contribution in [1.29, 1.82) is 0 Å². The summed E-state index contributed by atoms with van der Waals surface area (Å²) < 4.78 is 1.98. The van der Waals surface area contributed by atoms with Crippen molar-refractivity contribution in [2.75, 3.05) is 7.05 Å². The average molecular weight is 337 g/mol. The van der Waals surface area contributed by atoms with Crippen LogP contribution in [0.4, 0.5) is 0 Å². The molecule has 25 heavy (non-hydrogen) atoms. The molecule has 0 saturated heterocycles. The molecule has 0 aliphatic heterocycles. The molecule has 2 aromatic heterocycles. The maximum absolute atomic E-state index is 13.0. The monoisotopic (exact) mass is 337 g/mol. The summed E-state index contributed by atoms with van der Waals surface area (Å²) in [6, 6.07) is 9.13. The Morgan fingerprint density at radius 3 is 2.68 bits per heavy atom. The number of aromatic hydroxyl groups is 1. The van der Waals surface area contributed by atoms with E-state index >= 15 is 0 Å². The molecule has 1 aromatic carbocycles. The van der Waals surface area contributed by atoms with Gasteiger partial charge < -0.3 is 14.6 Å². The third kappa shape index (κ3) is 3.09. The predicted molar refractivity (Wildman–Crippen MR) is 98.7 cm³/mol. The summed E-state index contributed by atoms with van der Waals surface area (Å²) in [5.74, 6) is 0.0849. The van der Waals surface area contributed by atoms with Crippen LogP contribution in [-0.2, 0) is 20.0 Å². The smallest absolute Gasteiger partial charge is 0.256 e. The Morgan fingerprint density at radius 2 is 2.04 bits per heavy atom. The Hall–Kier alpha value is -2.82. The molecule has 5 heteroatoms.